The zero-order valence-electron chi connectivity index (χ0n) is 16.3. The molecular weight excluding hydrogens is 368 g/mol. The van der Waals surface area contributed by atoms with Gasteiger partial charge in [0.15, 0.2) is 5.54 Å². The second kappa shape index (κ2) is 9.19. The van der Waals surface area contributed by atoms with Gasteiger partial charge in [0.05, 0.1) is 0 Å². The van der Waals surface area contributed by atoms with E-state index >= 15 is 0 Å². The lowest BCUT2D eigenvalue weighted by atomic mass is 9.88. The summed E-state index contributed by atoms with van der Waals surface area (Å²) < 4.78 is 10.6. The minimum absolute atomic E-state index is 0.153. The van der Waals surface area contributed by atoms with Crippen LogP contribution in [0.1, 0.15) is 24.5 Å². The van der Waals surface area contributed by atoms with Crippen LogP contribution in [0.25, 0.3) is 0 Å². The third-order valence-electron chi connectivity index (χ3n) is 4.64. The second-order valence-electron chi connectivity index (χ2n) is 6.95. The highest BCUT2D eigenvalue weighted by Crippen LogP contribution is 2.30. The van der Waals surface area contributed by atoms with Gasteiger partial charge in [-0.3, -0.25) is 0 Å². The molecule has 0 saturated carbocycles. The molecule has 2 aromatic rings. The van der Waals surface area contributed by atoms with Crippen LogP contribution >= 0.6 is 0 Å². The molecule has 29 heavy (non-hydrogen) atoms. The maximum Gasteiger partial charge on any atom is 0.408 e. The molecule has 0 aliphatic carbocycles. The molecule has 2 atom stereocenters. The fourth-order valence-corrected chi connectivity index (χ4v) is 3.14. The number of nitrogens with zero attached hydrogens (tertiary/aromatic N) is 1. The number of ether oxygens (including phenoxy) is 2. The SMILES string of the molecule is C=CC[C@]1(Cc2ccccc2)N=C([C@H](C)NC(=O)OCc2ccccc2)OC1=O. The molecule has 1 aliphatic rings. The number of esters is 1. The van der Waals surface area contributed by atoms with E-state index in [1.807, 2.05) is 60.7 Å². The summed E-state index contributed by atoms with van der Waals surface area (Å²) in [5, 5.41) is 2.66. The minimum atomic E-state index is -1.07. The number of rotatable bonds is 8. The number of hydrogen-bond acceptors (Lipinski definition) is 5. The molecule has 3 rings (SSSR count). The Morgan fingerprint density at radius 3 is 2.41 bits per heavy atom. The Bertz CT molecular complexity index is 896. The summed E-state index contributed by atoms with van der Waals surface area (Å²) in [7, 11) is 0. The number of cyclic esters (lactones) is 1. The lowest BCUT2D eigenvalue weighted by molar-refractivity contribution is -0.139. The average molecular weight is 392 g/mol. The number of carbonyl (C=O) groups is 2. The maximum absolute atomic E-state index is 12.7. The lowest BCUT2D eigenvalue weighted by Gasteiger charge is -2.20. The van der Waals surface area contributed by atoms with Crippen molar-refractivity contribution in [3.05, 3.63) is 84.4 Å². The summed E-state index contributed by atoms with van der Waals surface area (Å²) in [4.78, 5) is 29.3. The van der Waals surface area contributed by atoms with E-state index in [1.165, 1.54) is 0 Å². The Kier molecular flexibility index (Phi) is 6.44. The van der Waals surface area contributed by atoms with Crippen molar-refractivity contribution in [1.29, 1.82) is 0 Å². The number of aliphatic imine (C=N–C) groups is 1. The van der Waals surface area contributed by atoms with Crippen molar-refractivity contribution in [3.8, 4) is 0 Å². The maximum atomic E-state index is 12.7. The van der Waals surface area contributed by atoms with E-state index in [0.717, 1.165) is 11.1 Å². The summed E-state index contributed by atoms with van der Waals surface area (Å²) in [5.41, 5.74) is 0.787. The molecule has 150 valence electrons. The normalized spacial score (nSPS) is 19.1. The van der Waals surface area contributed by atoms with Crippen LogP contribution < -0.4 is 5.32 Å². The van der Waals surface area contributed by atoms with Crippen LogP contribution in [0.5, 0.6) is 0 Å². The number of alkyl carbamates (subject to hydrolysis) is 1. The van der Waals surface area contributed by atoms with Crippen LogP contribution in [-0.4, -0.2) is 29.5 Å². The predicted molar refractivity (Wildman–Crippen MR) is 110 cm³/mol. The van der Waals surface area contributed by atoms with Gasteiger partial charge in [-0.25, -0.2) is 14.6 Å². The first kappa shape index (κ1) is 20.3. The third-order valence-corrected chi connectivity index (χ3v) is 4.64. The summed E-state index contributed by atoms with van der Waals surface area (Å²) in [6, 6.07) is 18.4. The van der Waals surface area contributed by atoms with Gasteiger partial charge in [0, 0.05) is 12.8 Å². The van der Waals surface area contributed by atoms with Crippen LogP contribution in [0.15, 0.2) is 78.3 Å². The summed E-state index contributed by atoms with van der Waals surface area (Å²) in [6.07, 6.45) is 1.79. The highest BCUT2D eigenvalue weighted by Gasteiger charge is 2.46. The van der Waals surface area contributed by atoms with Gasteiger partial charge in [0.25, 0.3) is 0 Å². The van der Waals surface area contributed by atoms with E-state index in [1.54, 1.807) is 13.0 Å². The van der Waals surface area contributed by atoms with Gasteiger partial charge in [0.2, 0.25) is 5.90 Å². The second-order valence-corrected chi connectivity index (χ2v) is 6.95. The van der Waals surface area contributed by atoms with Crippen LogP contribution in [0.3, 0.4) is 0 Å². The zero-order valence-corrected chi connectivity index (χ0v) is 16.3. The van der Waals surface area contributed by atoms with Gasteiger partial charge in [-0.2, -0.15) is 0 Å². The predicted octanol–water partition coefficient (Wildman–Crippen LogP) is 3.81. The van der Waals surface area contributed by atoms with E-state index in [2.05, 4.69) is 16.9 Å². The Labute approximate surface area is 170 Å². The molecule has 1 amide bonds. The molecule has 6 nitrogen and oxygen atoms in total. The number of amides is 1. The Morgan fingerprint density at radius 2 is 1.79 bits per heavy atom. The van der Waals surface area contributed by atoms with Gasteiger partial charge >= 0.3 is 12.1 Å². The molecule has 0 fully saturated rings. The van der Waals surface area contributed by atoms with Crippen molar-refractivity contribution in [2.75, 3.05) is 0 Å². The van der Waals surface area contributed by atoms with Crippen molar-refractivity contribution in [1.82, 2.24) is 5.32 Å². The molecule has 2 aromatic carbocycles. The highest BCUT2D eigenvalue weighted by molar-refractivity contribution is 6.03. The third kappa shape index (κ3) is 5.10. The van der Waals surface area contributed by atoms with Crippen LogP contribution in [0.2, 0.25) is 0 Å². The van der Waals surface area contributed by atoms with E-state index in [0.29, 0.717) is 12.8 Å². The van der Waals surface area contributed by atoms with Crippen molar-refractivity contribution >= 4 is 18.0 Å². The van der Waals surface area contributed by atoms with Gasteiger partial charge in [-0.1, -0.05) is 66.7 Å². The fourth-order valence-electron chi connectivity index (χ4n) is 3.14. The van der Waals surface area contributed by atoms with Crippen molar-refractivity contribution < 1.29 is 19.1 Å². The summed E-state index contributed by atoms with van der Waals surface area (Å²) in [6.45, 7) is 5.60. The number of hydrogen-bond donors (Lipinski definition) is 1. The van der Waals surface area contributed by atoms with Crippen LogP contribution in [0.4, 0.5) is 4.79 Å². The van der Waals surface area contributed by atoms with E-state index in [-0.39, 0.29) is 12.5 Å². The first-order valence-corrected chi connectivity index (χ1v) is 9.46. The van der Waals surface area contributed by atoms with Crippen molar-refractivity contribution in [2.24, 2.45) is 4.99 Å². The van der Waals surface area contributed by atoms with Gasteiger partial charge < -0.3 is 14.8 Å². The zero-order chi connectivity index (χ0) is 20.7. The van der Waals surface area contributed by atoms with E-state index < -0.39 is 23.6 Å². The highest BCUT2D eigenvalue weighted by atomic mass is 16.6. The number of benzene rings is 2. The molecule has 0 aromatic heterocycles. The van der Waals surface area contributed by atoms with Gasteiger partial charge in [0.1, 0.15) is 12.6 Å². The first-order chi connectivity index (χ1) is 14.0. The molecule has 0 spiro atoms. The average Bonchev–Trinajstić information content (AvgIpc) is 3.04. The summed E-state index contributed by atoms with van der Waals surface area (Å²) in [5.74, 6) is -0.271. The molecule has 0 bridgehead atoms. The Hall–Kier alpha value is -3.41. The fraction of sp³-hybridized carbons (Fsp3) is 0.261. The molecule has 1 aliphatic heterocycles. The topological polar surface area (TPSA) is 77.0 Å². The number of carbonyl (C=O) groups excluding carboxylic acids is 2. The van der Waals surface area contributed by atoms with Crippen LogP contribution in [0, 0.1) is 0 Å². The lowest BCUT2D eigenvalue weighted by Crippen LogP contribution is -2.39. The van der Waals surface area contributed by atoms with E-state index in [4.69, 9.17) is 9.47 Å². The first-order valence-electron chi connectivity index (χ1n) is 9.46. The van der Waals surface area contributed by atoms with Crippen molar-refractivity contribution in [3.63, 3.8) is 0 Å². The molecule has 0 unspecified atom stereocenters. The van der Waals surface area contributed by atoms with Crippen LogP contribution in [-0.2, 0) is 27.3 Å². The van der Waals surface area contributed by atoms with Crippen molar-refractivity contribution in [2.45, 2.75) is 38.0 Å². The standard InChI is InChI=1S/C23H24N2O4/c1-3-14-23(15-18-10-6-4-7-11-18)21(26)29-20(25-23)17(2)24-22(27)28-16-19-12-8-5-9-13-19/h3-13,17H,1,14-16H2,2H3,(H,24,27)/t17-,23+/m0/s1. The van der Waals surface area contributed by atoms with Gasteiger partial charge in [-0.05, 0) is 18.1 Å². The van der Waals surface area contributed by atoms with Gasteiger partial charge in [-0.15, -0.1) is 6.58 Å². The molecule has 0 radical (unpaired) electrons. The molecule has 1 heterocycles. The Morgan fingerprint density at radius 1 is 1.17 bits per heavy atom. The largest absolute Gasteiger partial charge is 0.445 e. The smallest absolute Gasteiger partial charge is 0.408 e. The summed E-state index contributed by atoms with van der Waals surface area (Å²) >= 11 is 0. The molecule has 6 heteroatoms. The molecular formula is C23H24N2O4. The molecule has 1 N–H and O–H groups in total. The monoisotopic (exact) mass is 392 g/mol. The Balaban J connectivity index is 1.66. The molecule has 0 saturated heterocycles. The quantitative estimate of drug-likeness (QED) is 0.547. The number of nitrogens with one attached hydrogen (secondary N) is 1. The van der Waals surface area contributed by atoms with E-state index in [9.17, 15) is 9.59 Å². The minimum Gasteiger partial charge on any atom is -0.445 e.